The largest absolute Gasteiger partial charge is 0.480 e. The second-order valence-electron chi connectivity index (χ2n) is 7.03. The molecule has 4 N–H and O–H groups in total. The van der Waals surface area contributed by atoms with Gasteiger partial charge < -0.3 is 16.2 Å². The summed E-state index contributed by atoms with van der Waals surface area (Å²) in [5, 5.41) is 11.3. The number of nitrogens with two attached hydrogens (primary N) is 1. The zero-order chi connectivity index (χ0) is 19.5. The molecule has 0 spiro atoms. The van der Waals surface area contributed by atoms with Crippen molar-refractivity contribution >= 4 is 11.9 Å². The lowest BCUT2D eigenvalue weighted by Crippen LogP contribution is -2.45. The van der Waals surface area contributed by atoms with Gasteiger partial charge in [-0.3, -0.25) is 4.79 Å². The average Bonchev–Trinajstić information content (AvgIpc) is 2.62. The SMILES string of the molecule is CCCCCCCC/C=C\CCCCCCCC(=O)NC(CN)C(=O)O. The van der Waals surface area contributed by atoms with E-state index in [0.717, 1.165) is 25.7 Å². The van der Waals surface area contributed by atoms with Crippen LogP contribution in [0, 0.1) is 0 Å². The Morgan fingerprint density at radius 1 is 0.885 bits per heavy atom. The Balaban J connectivity index is 3.36. The van der Waals surface area contributed by atoms with Crippen LogP contribution in [-0.4, -0.2) is 29.6 Å². The lowest BCUT2D eigenvalue weighted by Gasteiger charge is -2.11. The number of carboxylic acid groups (broad SMARTS) is 1. The van der Waals surface area contributed by atoms with E-state index in [1.54, 1.807) is 0 Å². The van der Waals surface area contributed by atoms with E-state index < -0.39 is 12.0 Å². The molecule has 0 aromatic heterocycles. The topological polar surface area (TPSA) is 92.4 Å². The van der Waals surface area contributed by atoms with Crippen molar-refractivity contribution in [3.8, 4) is 0 Å². The van der Waals surface area contributed by atoms with Crippen LogP contribution in [0.3, 0.4) is 0 Å². The molecule has 152 valence electrons. The number of carbonyl (C=O) groups excluding carboxylic acids is 1. The molecule has 1 unspecified atom stereocenters. The first-order chi connectivity index (χ1) is 12.6. The first-order valence-corrected chi connectivity index (χ1v) is 10.5. The van der Waals surface area contributed by atoms with Crippen molar-refractivity contribution in [3.63, 3.8) is 0 Å². The fraction of sp³-hybridized carbons (Fsp3) is 0.810. The molecule has 5 heteroatoms. The van der Waals surface area contributed by atoms with E-state index >= 15 is 0 Å². The highest BCUT2D eigenvalue weighted by atomic mass is 16.4. The smallest absolute Gasteiger partial charge is 0.327 e. The van der Waals surface area contributed by atoms with Crippen molar-refractivity contribution in [2.45, 2.75) is 103 Å². The van der Waals surface area contributed by atoms with Gasteiger partial charge in [-0.15, -0.1) is 0 Å². The summed E-state index contributed by atoms with van der Waals surface area (Å²) < 4.78 is 0. The quantitative estimate of drug-likeness (QED) is 0.244. The van der Waals surface area contributed by atoms with E-state index in [-0.39, 0.29) is 12.5 Å². The van der Waals surface area contributed by atoms with Crippen molar-refractivity contribution in [2.75, 3.05) is 6.54 Å². The summed E-state index contributed by atoms with van der Waals surface area (Å²) in [5.41, 5.74) is 5.31. The van der Waals surface area contributed by atoms with Gasteiger partial charge in [0.05, 0.1) is 0 Å². The van der Waals surface area contributed by atoms with Crippen LogP contribution in [0.4, 0.5) is 0 Å². The highest BCUT2D eigenvalue weighted by Crippen LogP contribution is 2.10. The predicted molar refractivity (Wildman–Crippen MR) is 108 cm³/mol. The maximum absolute atomic E-state index is 11.6. The maximum Gasteiger partial charge on any atom is 0.327 e. The predicted octanol–water partition coefficient (Wildman–Crippen LogP) is 4.55. The van der Waals surface area contributed by atoms with Gasteiger partial charge >= 0.3 is 5.97 Å². The van der Waals surface area contributed by atoms with Crippen LogP contribution in [0.25, 0.3) is 0 Å². The van der Waals surface area contributed by atoms with Gasteiger partial charge in [0, 0.05) is 13.0 Å². The first kappa shape index (κ1) is 24.6. The molecule has 0 bridgehead atoms. The summed E-state index contributed by atoms with van der Waals surface area (Å²) in [7, 11) is 0. The molecule has 0 fully saturated rings. The summed E-state index contributed by atoms with van der Waals surface area (Å²) >= 11 is 0. The molecule has 0 heterocycles. The molecule has 1 atom stereocenters. The highest BCUT2D eigenvalue weighted by Gasteiger charge is 2.17. The minimum Gasteiger partial charge on any atom is -0.480 e. The molecule has 0 aliphatic heterocycles. The zero-order valence-electron chi connectivity index (χ0n) is 16.7. The van der Waals surface area contributed by atoms with Gasteiger partial charge in [-0.1, -0.05) is 70.4 Å². The molecule has 0 saturated heterocycles. The van der Waals surface area contributed by atoms with Gasteiger partial charge in [0.25, 0.3) is 0 Å². The second-order valence-corrected chi connectivity index (χ2v) is 7.03. The van der Waals surface area contributed by atoms with Crippen LogP contribution in [-0.2, 0) is 9.59 Å². The first-order valence-electron chi connectivity index (χ1n) is 10.5. The molecule has 1 amide bonds. The summed E-state index contributed by atoms with van der Waals surface area (Å²) in [6.45, 7) is 2.17. The fourth-order valence-corrected chi connectivity index (χ4v) is 2.84. The van der Waals surface area contributed by atoms with Crippen LogP contribution in [0.15, 0.2) is 12.2 Å². The molecule has 0 rings (SSSR count). The number of aliphatic carboxylic acids is 1. The van der Waals surface area contributed by atoms with Crippen molar-refractivity contribution in [1.82, 2.24) is 5.32 Å². The molecule has 0 aliphatic carbocycles. The number of nitrogens with one attached hydrogen (secondary N) is 1. The highest BCUT2D eigenvalue weighted by molar-refractivity contribution is 5.83. The van der Waals surface area contributed by atoms with Gasteiger partial charge in [-0.05, 0) is 32.1 Å². The summed E-state index contributed by atoms with van der Waals surface area (Å²) in [6.07, 6.45) is 20.8. The number of carboxylic acids is 1. The molecule has 0 saturated carbocycles. The van der Waals surface area contributed by atoms with Crippen LogP contribution in [0.1, 0.15) is 96.8 Å². The third-order valence-electron chi connectivity index (χ3n) is 4.53. The number of carbonyl (C=O) groups is 2. The molecular formula is C21H40N2O3. The van der Waals surface area contributed by atoms with E-state index in [9.17, 15) is 9.59 Å². The second kappa shape index (κ2) is 18.4. The summed E-state index contributed by atoms with van der Waals surface area (Å²) in [6, 6.07) is -0.967. The molecule has 0 radical (unpaired) electrons. The zero-order valence-corrected chi connectivity index (χ0v) is 16.7. The molecule has 0 aromatic rings. The Kier molecular flexibility index (Phi) is 17.5. The number of amides is 1. The minimum absolute atomic E-state index is 0.0759. The maximum atomic E-state index is 11.6. The fourth-order valence-electron chi connectivity index (χ4n) is 2.84. The average molecular weight is 369 g/mol. The van der Waals surface area contributed by atoms with Gasteiger partial charge in [-0.2, -0.15) is 0 Å². The monoisotopic (exact) mass is 368 g/mol. The van der Waals surface area contributed by atoms with Crippen LogP contribution in [0.2, 0.25) is 0 Å². The van der Waals surface area contributed by atoms with Gasteiger partial charge in [0.15, 0.2) is 0 Å². The lowest BCUT2D eigenvalue weighted by molar-refractivity contribution is -0.141. The number of allylic oxidation sites excluding steroid dienone is 2. The number of rotatable bonds is 18. The van der Waals surface area contributed by atoms with Gasteiger partial charge in [0.1, 0.15) is 6.04 Å². The third kappa shape index (κ3) is 16.1. The van der Waals surface area contributed by atoms with E-state index in [2.05, 4.69) is 24.4 Å². The van der Waals surface area contributed by atoms with E-state index in [1.165, 1.54) is 57.8 Å². The van der Waals surface area contributed by atoms with Gasteiger partial charge in [0.2, 0.25) is 5.91 Å². The Morgan fingerprint density at radius 2 is 1.38 bits per heavy atom. The standard InChI is InChI=1S/C21H40N2O3/c1-2-3-4-5-6-7-8-9-10-11-12-13-14-15-16-17-20(24)23-19(18-22)21(25)26/h9-10,19H,2-8,11-18,22H2,1H3,(H,23,24)(H,25,26)/b10-9-. The van der Waals surface area contributed by atoms with E-state index in [4.69, 9.17) is 10.8 Å². The van der Waals surface area contributed by atoms with Crippen molar-refractivity contribution in [2.24, 2.45) is 5.73 Å². The Hall–Kier alpha value is -1.36. The van der Waals surface area contributed by atoms with Crippen molar-refractivity contribution in [1.29, 1.82) is 0 Å². The Bertz CT molecular complexity index is 383. The van der Waals surface area contributed by atoms with Crippen LogP contribution >= 0.6 is 0 Å². The van der Waals surface area contributed by atoms with E-state index in [1.807, 2.05) is 0 Å². The van der Waals surface area contributed by atoms with Crippen LogP contribution in [0.5, 0.6) is 0 Å². The summed E-state index contributed by atoms with van der Waals surface area (Å²) in [5.74, 6) is -1.30. The lowest BCUT2D eigenvalue weighted by atomic mass is 10.1. The summed E-state index contributed by atoms with van der Waals surface area (Å²) in [4.78, 5) is 22.4. The third-order valence-corrected chi connectivity index (χ3v) is 4.53. The Morgan fingerprint density at radius 3 is 1.88 bits per heavy atom. The number of hydrogen-bond acceptors (Lipinski definition) is 3. The normalized spacial score (nSPS) is 12.4. The minimum atomic E-state index is -1.08. The molecule has 0 aliphatic rings. The molecule has 5 nitrogen and oxygen atoms in total. The number of unbranched alkanes of at least 4 members (excludes halogenated alkanes) is 11. The van der Waals surface area contributed by atoms with Crippen LogP contribution < -0.4 is 11.1 Å². The van der Waals surface area contributed by atoms with E-state index in [0.29, 0.717) is 6.42 Å². The molecular weight excluding hydrogens is 328 g/mol. The van der Waals surface area contributed by atoms with Crippen molar-refractivity contribution in [3.05, 3.63) is 12.2 Å². The van der Waals surface area contributed by atoms with Gasteiger partial charge in [-0.25, -0.2) is 4.79 Å². The number of hydrogen-bond donors (Lipinski definition) is 3. The Labute approximate surface area is 159 Å². The molecule has 0 aromatic carbocycles. The van der Waals surface area contributed by atoms with Crippen molar-refractivity contribution < 1.29 is 14.7 Å². The molecule has 26 heavy (non-hydrogen) atoms.